The number of hydrogen-bond donors (Lipinski definition) is 0. The molecule has 2 aromatic rings. The maximum Gasteiger partial charge on any atom is 0.258 e. The highest BCUT2D eigenvalue weighted by atomic mass is 35.5. The second-order valence-electron chi connectivity index (χ2n) is 2.56. The standard InChI is InChI=1S/C8H7ClN2O.ClH/c1-5-7-3-2-6(4-9)10-8(7)12-11-5;/h2-3H,4H2,1H3;1H. The molecular formula is C8H8Cl2N2O. The zero-order valence-corrected chi connectivity index (χ0v) is 8.52. The van der Waals surface area contributed by atoms with Gasteiger partial charge in [0.2, 0.25) is 0 Å². The van der Waals surface area contributed by atoms with Crippen LogP contribution in [0.1, 0.15) is 11.4 Å². The van der Waals surface area contributed by atoms with E-state index in [0.29, 0.717) is 11.6 Å². The minimum atomic E-state index is 0. The average molecular weight is 219 g/mol. The summed E-state index contributed by atoms with van der Waals surface area (Å²) in [4.78, 5) is 4.15. The summed E-state index contributed by atoms with van der Waals surface area (Å²) in [6.45, 7) is 1.88. The third kappa shape index (κ3) is 1.76. The molecule has 0 atom stereocenters. The Kier molecular flexibility index (Phi) is 3.12. The van der Waals surface area contributed by atoms with E-state index < -0.39 is 0 Å². The van der Waals surface area contributed by atoms with Gasteiger partial charge in [0.1, 0.15) is 0 Å². The van der Waals surface area contributed by atoms with Gasteiger partial charge in [0.05, 0.1) is 22.7 Å². The second kappa shape index (κ2) is 3.94. The molecule has 0 aliphatic carbocycles. The predicted octanol–water partition coefficient (Wildman–Crippen LogP) is 2.69. The molecule has 0 aliphatic rings. The van der Waals surface area contributed by atoms with Crippen LogP contribution in [0.5, 0.6) is 0 Å². The number of fused-ring (bicyclic) bond motifs is 1. The third-order valence-corrected chi connectivity index (χ3v) is 1.99. The van der Waals surface area contributed by atoms with Gasteiger partial charge in [0, 0.05) is 0 Å². The van der Waals surface area contributed by atoms with Gasteiger partial charge in [-0.3, -0.25) is 0 Å². The van der Waals surface area contributed by atoms with Crippen molar-refractivity contribution in [3.63, 3.8) is 0 Å². The highest BCUT2D eigenvalue weighted by molar-refractivity contribution is 6.16. The van der Waals surface area contributed by atoms with Gasteiger partial charge in [-0.15, -0.1) is 24.0 Å². The molecule has 0 saturated carbocycles. The van der Waals surface area contributed by atoms with Crippen LogP contribution in [0.4, 0.5) is 0 Å². The maximum atomic E-state index is 5.61. The molecule has 13 heavy (non-hydrogen) atoms. The fourth-order valence-corrected chi connectivity index (χ4v) is 1.21. The first kappa shape index (κ1) is 10.3. The Morgan fingerprint density at radius 3 is 2.92 bits per heavy atom. The van der Waals surface area contributed by atoms with E-state index in [0.717, 1.165) is 16.8 Å². The van der Waals surface area contributed by atoms with Gasteiger partial charge in [0.25, 0.3) is 5.71 Å². The Morgan fingerprint density at radius 2 is 2.23 bits per heavy atom. The normalized spacial score (nSPS) is 10.0. The van der Waals surface area contributed by atoms with Crippen molar-refractivity contribution in [2.75, 3.05) is 0 Å². The first-order chi connectivity index (χ1) is 5.81. The Bertz CT molecular complexity index is 413. The summed E-state index contributed by atoms with van der Waals surface area (Å²) in [6.07, 6.45) is 0. The number of rotatable bonds is 1. The number of hydrogen-bond acceptors (Lipinski definition) is 3. The Balaban J connectivity index is 0.000000845. The maximum absolute atomic E-state index is 5.61. The molecule has 0 radical (unpaired) electrons. The molecule has 0 bridgehead atoms. The van der Waals surface area contributed by atoms with E-state index in [-0.39, 0.29) is 12.4 Å². The summed E-state index contributed by atoms with van der Waals surface area (Å²) in [6, 6.07) is 3.80. The molecule has 3 nitrogen and oxygen atoms in total. The van der Waals surface area contributed by atoms with Crippen molar-refractivity contribution in [2.24, 2.45) is 0 Å². The van der Waals surface area contributed by atoms with E-state index in [2.05, 4.69) is 10.1 Å². The lowest BCUT2D eigenvalue weighted by Crippen LogP contribution is -1.83. The van der Waals surface area contributed by atoms with Crippen molar-refractivity contribution in [1.29, 1.82) is 0 Å². The number of alkyl halides is 1. The number of halogens is 2. The van der Waals surface area contributed by atoms with E-state index in [1.54, 1.807) is 0 Å². The van der Waals surface area contributed by atoms with Gasteiger partial charge in [-0.1, -0.05) is 5.16 Å². The molecule has 0 unspecified atom stereocenters. The molecule has 0 aliphatic heterocycles. The Morgan fingerprint density at radius 1 is 1.46 bits per heavy atom. The van der Waals surface area contributed by atoms with Crippen LogP contribution in [-0.2, 0) is 5.88 Å². The highest BCUT2D eigenvalue weighted by Crippen LogP contribution is 2.16. The van der Waals surface area contributed by atoms with Crippen molar-refractivity contribution in [3.05, 3.63) is 23.5 Å². The minimum Gasteiger partial charge on any atom is -0.336 e. The molecule has 0 aromatic carbocycles. The van der Waals surface area contributed by atoms with Crippen LogP contribution >= 0.6 is 24.0 Å². The first-order valence-electron chi connectivity index (χ1n) is 3.59. The van der Waals surface area contributed by atoms with Crippen LogP contribution in [0.2, 0.25) is 0 Å². The van der Waals surface area contributed by atoms with Crippen LogP contribution < -0.4 is 0 Å². The SMILES string of the molecule is Cc1noc2nc(CCl)ccc12.Cl. The van der Waals surface area contributed by atoms with Crippen molar-refractivity contribution in [3.8, 4) is 0 Å². The zero-order chi connectivity index (χ0) is 8.55. The van der Waals surface area contributed by atoms with Crippen molar-refractivity contribution in [2.45, 2.75) is 12.8 Å². The summed E-state index contributed by atoms with van der Waals surface area (Å²) in [5.41, 5.74) is 2.23. The van der Waals surface area contributed by atoms with E-state index in [9.17, 15) is 0 Å². The molecular weight excluding hydrogens is 211 g/mol. The molecule has 70 valence electrons. The molecule has 0 spiro atoms. The van der Waals surface area contributed by atoms with Gasteiger partial charge in [-0.2, -0.15) is 0 Å². The number of aryl methyl sites for hydroxylation is 1. The van der Waals surface area contributed by atoms with Gasteiger partial charge in [0.15, 0.2) is 0 Å². The first-order valence-corrected chi connectivity index (χ1v) is 4.12. The molecule has 0 fully saturated rings. The molecule has 0 saturated heterocycles. The van der Waals surface area contributed by atoms with Crippen LogP contribution in [0.3, 0.4) is 0 Å². The summed E-state index contributed by atoms with van der Waals surface area (Å²) in [5, 5.41) is 4.74. The summed E-state index contributed by atoms with van der Waals surface area (Å²) in [5.74, 6) is 0.398. The minimum absolute atomic E-state index is 0. The zero-order valence-electron chi connectivity index (χ0n) is 6.95. The topological polar surface area (TPSA) is 38.9 Å². The average Bonchev–Trinajstić information content (AvgIpc) is 2.47. The second-order valence-corrected chi connectivity index (χ2v) is 2.82. The van der Waals surface area contributed by atoms with E-state index in [4.69, 9.17) is 16.1 Å². The van der Waals surface area contributed by atoms with Crippen molar-refractivity contribution in [1.82, 2.24) is 10.1 Å². The Labute approximate surface area is 86.5 Å². The summed E-state index contributed by atoms with van der Waals surface area (Å²) >= 11 is 5.61. The monoisotopic (exact) mass is 218 g/mol. The van der Waals surface area contributed by atoms with Crippen LogP contribution in [0.15, 0.2) is 16.7 Å². The van der Waals surface area contributed by atoms with Gasteiger partial charge < -0.3 is 4.52 Å². The van der Waals surface area contributed by atoms with Crippen LogP contribution in [-0.4, -0.2) is 10.1 Å². The largest absolute Gasteiger partial charge is 0.336 e. The van der Waals surface area contributed by atoms with E-state index >= 15 is 0 Å². The molecule has 5 heteroatoms. The summed E-state index contributed by atoms with van der Waals surface area (Å²) < 4.78 is 4.97. The number of pyridine rings is 1. The van der Waals surface area contributed by atoms with Gasteiger partial charge >= 0.3 is 0 Å². The summed E-state index contributed by atoms with van der Waals surface area (Å²) in [7, 11) is 0. The molecule has 0 N–H and O–H groups in total. The quantitative estimate of drug-likeness (QED) is 0.692. The van der Waals surface area contributed by atoms with Crippen molar-refractivity contribution >= 4 is 35.1 Å². The van der Waals surface area contributed by atoms with Gasteiger partial charge in [-0.25, -0.2) is 4.98 Å². The molecule has 2 heterocycles. The molecule has 0 amide bonds. The van der Waals surface area contributed by atoms with Gasteiger partial charge in [-0.05, 0) is 19.1 Å². The third-order valence-electron chi connectivity index (χ3n) is 1.71. The van der Waals surface area contributed by atoms with Crippen molar-refractivity contribution < 1.29 is 4.52 Å². The highest BCUT2D eigenvalue weighted by Gasteiger charge is 2.04. The lowest BCUT2D eigenvalue weighted by molar-refractivity contribution is 0.442. The Hall–Kier alpha value is -0.800. The predicted molar refractivity (Wildman–Crippen MR) is 53.3 cm³/mol. The number of nitrogens with zero attached hydrogens (tertiary/aromatic N) is 2. The van der Waals surface area contributed by atoms with Crippen LogP contribution in [0.25, 0.3) is 11.1 Å². The lowest BCUT2D eigenvalue weighted by atomic mass is 10.2. The van der Waals surface area contributed by atoms with E-state index in [1.807, 2.05) is 19.1 Å². The van der Waals surface area contributed by atoms with E-state index in [1.165, 1.54) is 0 Å². The molecule has 2 aromatic heterocycles. The molecule has 2 rings (SSSR count). The lowest BCUT2D eigenvalue weighted by Gasteiger charge is -1.91. The van der Waals surface area contributed by atoms with Crippen LogP contribution in [0, 0.1) is 6.92 Å². The smallest absolute Gasteiger partial charge is 0.258 e. The number of aromatic nitrogens is 2. The fraction of sp³-hybridized carbons (Fsp3) is 0.250. The fourth-order valence-electron chi connectivity index (χ4n) is 1.06.